The highest BCUT2D eigenvalue weighted by Gasteiger charge is 2.38. The molecule has 0 aliphatic heterocycles. The van der Waals surface area contributed by atoms with Gasteiger partial charge in [0.1, 0.15) is 0 Å². The molecule has 22 heavy (non-hydrogen) atoms. The third-order valence-corrected chi connectivity index (χ3v) is 4.44. The summed E-state index contributed by atoms with van der Waals surface area (Å²) in [6.07, 6.45) is 0. The van der Waals surface area contributed by atoms with Crippen LogP contribution < -0.4 is 5.43 Å². The quantitative estimate of drug-likeness (QED) is 0.679. The van der Waals surface area contributed by atoms with Gasteiger partial charge in [0, 0.05) is 15.7 Å². The molecule has 0 fully saturated rings. The van der Waals surface area contributed by atoms with Crippen LogP contribution in [0.3, 0.4) is 0 Å². The molecule has 0 saturated carbocycles. The lowest BCUT2D eigenvalue weighted by Gasteiger charge is -2.06. The minimum atomic E-state index is -4.85. The van der Waals surface area contributed by atoms with Crippen LogP contribution in [0, 0.1) is 0 Å². The maximum Gasteiger partial charge on any atom is 0.475 e. The van der Waals surface area contributed by atoms with Gasteiger partial charge < -0.3 is 0 Å². The molecule has 0 spiro atoms. The van der Waals surface area contributed by atoms with E-state index in [0.29, 0.717) is 16.2 Å². The molecule has 0 aliphatic carbocycles. The van der Waals surface area contributed by atoms with Crippen molar-refractivity contribution in [3.05, 3.63) is 64.8 Å². The third-order valence-electron chi connectivity index (χ3n) is 3.34. The lowest BCUT2D eigenvalue weighted by molar-refractivity contribution is -0.0384. The molecule has 0 aliphatic rings. The van der Waals surface area contributed by atoms with E-state index in [1.807, 2.05) is 0 Å². The van der Waals surface area contributed by atoms with Gasteiger partial charge in [-0.2, -0.15) is 13.2 Å². The van der Waals surface area contributed by atoms with Crippen molar-refractivity contribution in [1.82, 2.24) is 0 Å². The topological polar surface area (TPSA) is 34.1 Å². The summed E-state index contributed by atoms with van der Waals surface area (Å²) in [6, 6.07) is 13.8. The van der Waals surface area contributed by atoms with Crippen molar-refractivity contribution in [2.45, 2.75) is 10.4 Å². The highest BCUT2D eigenvalue weighted by Crippen LogP contribution is 2.27. The first kappa shape index (κ1) is 14.7. The van der Waals surface area contributed by atoms with Crippen LogP contribution in [-0.2, 0) is 10.8 Å². The summed E-state index contributed by atoms with van der Waals surface area (Å²) in [5.74, 6) is 0. The first-order valence-electron chi connectivity index (χ1n) is 6.32. The van der Waals surface area contributed by atoms with E-state index in [-0.39, 0.29) is 10.8 Å². The summed E-state index contributed by atoms with van der Waals surface area (Å²) in [4.78, 5) is 12.1. The van der Waals surface area contributed by atoms with Gasteiger partial charge in [-0.25, -0.2) is 4.21 Å². The molecule has 1 atom stereocenters. The Morgan fingerprint density at radius 2 is 1.41 bits per heavy atom. The van der Waals surface area contributed by atoms with Crippen LogP contribution in [0.15, 0.2) is 64.3 Å². The molecule has 2 nitrogen and oxygen atoms in total. The van der Waals surface area contributed by atoms with E-state index in [2.05, 4.69) is 0 Å². The Balaban J connectivity index is 2.37. The SMILES string of the molecule is O=c1c2ccccc2ccc2ccc(S(=O)C(F)(F)F)cc12. The first-order chi connectivity index (χ1) is 10.4. The standard InChI is InChI=1S/C16H9F3O2S/c17-16(18,19)22(21)12-8-7-11-6-5-10-3-1-2-4-13(10)15(20)14(11)9-12/h1-9H. The third kappa shape index (κ3) is 2.50. The fourth-order valence-corrected chi connectivity index (χ4v) is 2.98. The molecule has 3 aromatic carbocycles. The Labute approximate surface area is 125 Å². The van der Waals surface area contributed by atoms with Gasteiger partial charge in [0.05, 0.1) is 0 Å². The van der Waals surface area contributed by atoms with Gasteiger partial charge in [-0.15, -0.1) is 0 Å². The number of alkyl halides is 3. The van der Waals surface area contributed by atoms with Gasteiger partial charge in [0.15, 0.2) is 16.2 Å². The monoisotopic (exact) mass is 322 g/mol. The van der Waals surface area contributed by atoms with Crippen molar-refractivity contribution in [2.24, 2.45) is 0 Å². The number of hydrogen-bond acceptors (Lipinski definition) is 2. The van der Waals surface area contributed by atoms with Gasteiger partial charge in [-0.05, 0) is 22.9 Å². The van der Waals surface area contributed by atoms with Gasteiger partial charge >= 0.3 is 5.51 Å². The number of halogens is 3. The van der Waals surface area contributed by atoms with Crippen LogP contribution in [0.1, 0.15) is 0 Å². The summed E-state index contributed by atoms with van der Waals surface area (Å²) in [7, 11) is -3.15. The average molecular weight is 322 g/mol. The zero-order valence-electron chi connectivity index (χ0n) is 11.1. The zero-order chi connectivity index (χ0) is 15.9. The summed E-state index contributed by atoms with van der Waals surface area (Å²) < 4.78 is 49.2. The second-order valence-corrected chi connectivity index (χ2v) is 6.19. The summed E-state index contributed by atoms with van der Waals surface area (Å²) in [5, 5.41) is 1.73. The highest BCUT2D eigenvalue weighted by molar-refractivity contribution is 7.86. The van der Waals surface area contributed by atoms with E-state index in [9.17, 15) is 22.2 Å². The minimum absolute atomic E-state index is 0.122. The molecule has 0 N–H and O–H groups in total. The highest BCUT2D eigenvalue weighted by atomic mass is 32.2. The van der Waals surface area contributed by atoms with Gasteiger partial charge in [-0.3, -0.25) is 4.79 Å². The molecule has 0 heterocycles. The van der Waals surface area contributed by atoms with Crippen LogP contribution >= 0.6 is 0 Å². The van der Waals surface area contributed by atoms with Crippen LogP contribution in [0.4, 0.5) is 13.2 Å². The van der Waals surface area contributed by atoms with E-state index >= 15 is 0 Å². The molecule has 0 aromatic heterocycles. The Hall–Kier alpha value is -2.21. The van der Waals surface area contributed by atoms with E-state index in [0.717, 1.165) is 12.1 Å². The van der Waals surface area contributed by atoms with E-state index in [1.165, 1.54) is 6.07 Å². The second kappa shape index (κ2) is 5.21. The smallest absolute Gasteiger partial charge is 0.289 e. The maximum absolute atomic E-state index is 12.6. The number of rotatable bonds is 1. The zero-order valence-corrected chi connectivity index (χ0v) is 11.9. The fourth-order valence-electron chi connectivity index (χ4n) is 2.30. The summed E-state index contributed by atoms with van der Waals surface area (Å²) >= 11 is 0. The van der Waals surface area contributed by atoms with E-state index < -0.39 is 21.2 Å². The van der Waals surface area contributed by atoms with Crippen LogP contribution in [0.25, 0.3) is 21.5 Å². The summed E-state index contributed by atoms with van der Waals surface area (Å²) in [6.45, 7) is 0. The molecule has 6 heteroatoms. The number of hydrogen-bond donors (Lipinski definition) is 0. The number of benzene rings is 2. The Kier molecular flexibility index (Phi) is 3.48. The molecular formula is C16H9F3O2S. The van der Waals surface area contributed by atoms with Gasteiger partial charge in [-0.1, -0.05) is 42.5 Å². The van der Waals surface area contributed by atoms with Crippen LogP contribution in [-0.4, -0.2) is 9.72 Å². The predicted octanol–water partition coefficient (Wildman–Crippen LogP) is 3.98. The van der Waals surface area contributed by atoms with Crippen molar-refractivity contribution in [3.8, 4) is 0 Å². The van der Waals surface area contributed by atoms with Crippen molar-refractivity contribution < 1.29 is 17.4 Å². The molecule has 3 rings (SSSR count). The van der Waals surface area contributed by atoms with Gasteiger partial charge in [0.25, 0.3) is 0 Å². The van der Waals surface area contributed by atoms with E-state index in [1.54, 1.807) is 36.4 Å². The lowest BCUT2D eigenvalue weighted by atomic mass is 10.1. The summed E-state index contributed by atoms with van der Waals surface area (Å²) in [5.41, 5.74) is -5.23. The van der Waals surface area contributed by atoms with E-state index in [4.69, 9.17) is 0 Å². The maximum atomic E-state index is 12.6. The molecule has 3 aromatic rings. The molecule has 0 bridgehead atoms. The first-order valence-corrected chi connectivity index (χ1v) is 7.47. The normalized spacial score (nSPS) is 13.4. The van der Waals surface area contributed by atoms with Crippen LogP contribution in [0.5, 0.6) is 0 Å². The van der Waals surface area contributed by atoms with Gasteiger partial charge in [0.2, 0.25) is 0 Å². The minimum Gasteiger partial charge on any atom is -0.289 e. The average Bonchev–Trinajstić information content (AvgIpc) is 2.63. The predicted molar refractivity (Wildman–Crippen MR) is 80.2 cm³/mol. The second-order valence-electron chi connectivity index (χ2n) is 4.71. The Morgan fingerprint density at radius 1 is 0.818 bits per heavy atom. The largest absolute Gasteiger partial charge is 0.475 e. The molecule has 0 amide bonds. The van der Waals surface area contributed by atoms with Crippen molar-refractivity contribution in [2.75, 3.05) is 0 Å². The Morgan fingerprint density at radius 3 is 2.09 bits per heavy atom. The Bertz CT molecular complexity index is 965. The van der Waals surface area contributed by atoms with Crippen LogP contribution in [0.2, 0.25) is 0 Å². The van der Waals surface area contributed by atoms with Crippen molar-refractivity contribution in [1.29, 1.82) is 0 Å². The molecular weight excluding hydrogens is 313 g/mol. The van der Waals surface area contributed by atoms with Crippen molar-refractivity contribution in [3.63, 3.8) is 0 Å². The molecule has 1 unspecified atom stereocenters. The lowest BCUT2D eigenvalue weighted by Crippen LogP contribution is -2.16. The molecule has 112 valence electrons. The molecule has 0 radical (unpaired) electrons. The van der Waals surface area contributed by atoms with Crippen molar-refractivity contribution >= 4 is 32.3 Å². The fraction of sp³-hybridized carbons (Fsp3) is 0.0625. The number of fused-ring (bicyclic) bond motifs is 2. The molecule has 0 saturated heterocycles.